The Labute approximate surface area is 163 Å². The number of aliphatic hydroxyl groups is 1. The maximum atomic E-state index is 12.7. The van der Waals surface area contributed by atoms with Crippen LogP contribution in [0.25, 0.3) is 0 Å². The van der Waals surface area contributed by atoms with Crippen LogP contribution in [-0.2, 0) is 24.7 Å². The first kappa shape index (κ1) is 19.5. The fourth-order valence-corrected chi connectivity index (χ4v) is 2.99. The van der Waals surface area contributed by atoms with Crippen LogP contribution in [0.5, 0.6) is 0 Å². The summed E-state index contributed by atoms with van der Waals surface area (Å²) in [6.45, 7) is 2.01. The number of nitrogens with one attached hydrogen (secondary N) is 1. The van der Waals surface area contributed by atoms with Crippen molar-refractivity contribution in [3.8, 4) is 0 Å². The van der Waals surface area contributed by atoms with Crippen LogP contribution < -0.4 is 5.32 Å². The Hall–Kier alpha value is -3.25. The Bertz CT molecular complexity index is 991. The minimum absolute atomic E-state index is 0.0402. The topological polar surface area (TPSA) is 84.2 Å². The molecule has 0 unspecified atom stereocenters. The van der Waals surface area contributed by atoms with E-state index in [-0.39, 0.29) is 24.7 Å². The molecule has 0 aliphatic rings. The van der Waals surface area contributed by atoms with Crippen LogP contribution >= 0.6 is 0 Å². The summed E-state index contributed by atoms with van der Waals surface area (Å²) < 4.78 is 1.75. The molecule has 3 rings (SSSR count). The summed E-state index contributed by atoms with van der Waals surface area (Å²) in [6, 6.07) is 14.5. The number of aliphatic hydroxyl groups excluding tert-OH is 1. The van der Waals surface area contributed by atoms with Crippen molar-refractivity contribution >= 4 is 17.5 Å². The number of hydrogen-bond donors (Lipinski definition) is 2. The van der Waals surface area contributed by atoms with E-state index < -0.39 is 0 Å². The highest BCUT2D eigenvalue weighted by Crippen LogP contribution is 2.15. The van der Waals surface area contributed by atoms with Crippen LogP contribution in [0.4, 0.5) is 5.82 Å². The minimum Gasteiger partial charge on any atom is -0.396 e. The molecule has 0 saturated heterocycles. The lowest BCUT2D eigenvalue weighted by Crippen LogP contribution is -2.18. The maximum Gasteiger partial charge on any atom is 0.231 e. The summed E-state index contributed by atoms with van der Waals surface area (Å²) in [4.78, 5) is 29.2. The molecule has 6 nitrogen and oxygen atoms in total. The molecule has 0 spiro atoms. The smallest absolute Gasteiger partial charge is 0.231 e. The Balaban J connectivity index is 1.70. The number of rotatable bonds is 7. The normalized spacial score (nSPS) is 10.7. The number of aryl methyl sites for hydroxylation is 1. The molecule has 2 aromatic heterocycles. The fraction of sp³-hybridized carbons (Fsp3) is 0.227. The minimum atomic E-state index is -0.218. The number of carbonyl (C=O) groups excluding carboxylic acids is 2. The molecule has 6 heteroatoms. The lowest BCUT2D eigenvalue weighted by Gasteiger charge is -2.09. The summed E-state index contributed by atoms with van der Waals surface area (Å²) in [5.74, 6) is 0.151. The first-order valence-corrected chi connectivity index (χ1v) is 9.09. The van der Waals surface area contributed by atoms with Gasteiger partial charge in [-0.2, -0.15) is 0 Å². The summed E-state index contributed by atoms with van der Waals surface area (Å²) in [5, 5.41) is 11.8. The van der Waals surface area contributed by atoms with Crippen molar-refractivity contribution in [2.45, 2.75) is 19.8 Å². The van der Waals surface area contributed by atoms with Crippen LogP contribution in [0.3, 0.4) is 0 Å². The number of nitrogens with zero attached hydrogens (tertiary/aromatic N) is 2. The van der Waals surface area contributed by atoms with Crippen molar-refractivity contribution in [3.05, 3.63) is 82.8 Å². The van der Waals surface area contributed by atoms with Gasteiger partial charge in [-0.25, -0.2) is 4.98 Å². The molecule has 0 aliphatic heterocycles. The number of anilines is 1. The molecule has 2 N–H and O–H groups in total. The first-order chi connectivity index (χ1) is 13.5. The highest BCUT2D eigenvalue weighted by Gasteiger charge is 2.16. The quantitative estimate of drug-likeness (QED) is 0.620. The van der Waals surface area contributed by atoms with Gasteiger partial charge in [-0.05, 0) is 43.2 Å². The largest absolute Gasteiger partial charge is 0.396 e. The van der Waals surface area contributed by atoms with E-state index >= 15 is 0 Å². The third-order valence-electron chi connectivity index (χ3n) is 4.61. The van der Waals surface area contributed by atoms with E-state index in [1.807, 2.05) is 31.2 Å². The van der Waals surface area contributed by atoms with Crippen molar-refractivity contribution in [2.24, 2.45) is 7.05 Å². The SMILES string of the molecule is Cc1ccc(C(=O)c2ccc(CC(=O)Nc3cc(CCO)ccn3)n2C)cc1. The lowest BCUT2D eigenvalue weighted by molar-refractivity contribution is -0.115. The van der Waals surface area contributed by atoms with E-state index in [0.29, 0.717) is 23.5 Å². The summed E-state index contributed by atoms with van der Waals surface area (Å²) in [6.07, 6.45) is 2.23. The van der Waals surface area contributed by atoms with Crippen molar-refractivity contribution in [1.82, 2.24) is 9.55 Å². The van der Waals surface area contributed by atoms with Gasteiger partial charge in [0.25, 0.3) is 0 Å². The number of pyridine rings is 1. The van der Waals surface area contributed by atoms with Crippen LogP contribution in [0.1, 0.15) is 32.9 Å². The maximum absolute atomic E-state index is 12.7. The fourth-order valence-electron chi connectivity index (χ4n) is 2.99. The number of carbonyl (C=O) groups is 2. The molecule has 2 heterocycles. The Kier molecular flexibility index (Phi) is 6.01. The summed E-state index contributed by atoms with van der Waals surface area (Å²) in [7, 11) is 1.78. The highest BCUT2D eigenvalue weighted by molar-refractivity contribution is 6.08. The molecule has 0 radical (unpaired) electrons. The van der Waals surface area contributed by atoms with Crippen molar-refractivity contribution in [3.63, 3.8) is 0 Å². The van der Waals surface area contributed by atoms with Crippen molar-refractivity contribution < 1.29 is 14.7 Å². The second-order valence-electron chi connectivity index (χ2n) is 6.71. The molecule has 0 atom stereocenters. The van der Waals surface area contributed by atoms with E-state index in [4.69, 9.17) is 5.11 Å². The summed E-state index contributed by atoms with van der Waals surface area (Å²) in [5.41, 5.74) is 3.89. The first-order valence-electron chi connectivity index (χ1n) is 9.09. The lowest BCUT2D eigenvalue weighted by atomic mass is 10.1. The van der Waals surface area contributed by atoms with Gasteiger partial charge in [0, 0.05) is 31.1 Å². The molecule has 1 aromatic carbocycles. The summed E-state index contributed by atoms with van der Waals surface area (Å²) >= 11 is 0. The number of hydrogen-bond acceptors (Lipinski definition) is 4. The highest BCUT2D eigenvalue weighted by atomic mass is 16.3. The average Bonchev–Trinajstić information content (AvgIpc) is 3.02. The molecule has 0 saturated carbocycles. The zero-order valence-electron chi connectivity index (χ0n) is 16.0. The van der Waals surface area contributed by atoms with Gasteiger partial charge in [-0.15, -0.1) is 0 Å². The standard InChI is InChI=1S/C22H23N3O3/c1-15-3-5-17(6-4-15)22(28)19-8-7-18(25(19)2)14-21(27)24-20-13-16(10-12-26)9-11-23-20/h3-9,11,13,26H,10,12,14H2,1-2H3,(H,23,24,27). The molecule has 0 fully saturated rings. The van der Waals surface area contributed by atoms with Gasteiger partial charge in [0.05, 0.1) is 12.1 Å². The van der Waals surface area contributed by atoms with Gasteiger partial charge in [0.1, 0.15) is 5.82 Å². The molecule has 0 aliphatic carbocycles. The van der Waals surface area contributed by atoms with Gasteiger partial charge in [-0.3, -0.25) is 9.59 Å². The third kappa shape index (κ3) is 4.53. The molecule has 0 bridgehead atoms. The van der Waals surface area contributed by atoms with Crippen molar-refractivity contribution in [2.75, 3.05) is 11.9 Å². The number of aromatic nitrogens is 2. The van der Waals surface area contributed by atoms with Gasteiger partial charge >= 0.3 is 0 Å². The molecular formula is C22H23N3O3. The van der Waals surface area contributed by atoms with Gasteiger partial charge < -0.3 is 15.0 Å². The van der Waals surface area contributed by atoms with Crippen LogP contribution in [0, 0.1) is 6.92 Å². The van der Waals surface area contributed by atoms with E-state index in [1.54, 1.807) is 42.1 Å². The predicted octanol–water partition coefficient (Wildman–Crippen LogP) is 2.68. The predicted molar refractivity (Wildman–Crippen MR) is 107 cm³/mol. The molecule has 3 aromatic rings. The second-order valence-corrected chi connectivity index (χ2v) is 6.71. The Morgan fingerprint density at radius 1 is 1.11 bits per heavy atom. The van der Waals surface area contributed by atoms with Gasteiger partial charge in [0.15, 0.2) is 0 Å². The van der Waals surface area contributed by atoms with Crippen LogP contribution in [0.2, 0.25) is 0 Å². The van der Waals surface area contributed by atoms with E-state index in [9.17, 15) is 9.59 Å². The second kappa shape index (κ2) is 8.63. The van der Waals surface area contributed by atoms with Crippen LogP contribution in [-0.4, -0.2) is 33.0 Å². The Morgan fingerprint density at radius 3 is 2.57 bits per heavy atom. The molecule has 28 heavy (non-hydrogen) atoms. The van der Waals surface area contributed by atoms with E-state index in [2.05, 4.69) is 10.3 Å². The molecule has 1 amide bonds. The number of benzene rings is 1. The Morgan fingerprint density at radius 2 is 1.86 bits per heavy atom. The van der Waals surface area contributed by atoms with E-state index in [0.717, 1.165) is 16.8 Å². The third-order valence-corrected chi connectivity index (χ3v) is 4.61. The zero-order chi connectivity index (χ0) is 20.1. The monoisotopic (exact) mass is 377 g/mol. The average molecular weight is 377 g/mol. The van der Waals surface area contributed by atoms with Crippen molar-refractivity contribution in [1.29, 1.82) is 0 Å². The number of ketones is 1. The number of amides is 1. The zero-order valence-corrected chi connectivity index (χ0v) is 16.0. The van der Waals surface area contributed by atoms with Gasteiger partial charge in [0.2, 0.25) is 11.7 Å². The van der Waals surface area contributed by atoms with E-state index in [1.165, 1.54) is 0 Å². The van der Waals surface area contributed by atoms with Gasteiger partial charge in [-0.1, -0.05) is 29.8 Å². The molecular weight excluding hydrogens is 354 g/mol. The molecule has 144 valence electrons. The van der Waals surface area contributed by atoms with Crippen LogP contribution in [0.15, 0.2) is 54.7 Å².